The van der Waals surface area contributed by atoms with Gasteiger partial charge < -0.3 is 10.2 Å². The Morgan fingerprint density at radius 1 is 0.917 bits per heavy atom. The van der Waals surface area contributed by atoms with Crippen molar-refractivity contribution in [2.75, 3.05) is 32.7 Å². The van der Waals surface area contributed by atoms with Gasteiger partial charge in [-0.15, -0.1) is 0 Å². The van der Waals surface area contributed by atoms with Gasteiger partial charge in [0, 0.05) is 0 Å². The van der Waals surface area contributed by atoms with Crippen molar-refractivity contribution in [2.24, 2.45) is 5.73 Å². The highest BCUT2D eigenvalue weighted by Crippen LogP contribution is 2.07. The minimum Gasteiger partial charge on any atom is -0.330 e. The third-order valence-electron chi connectivity index (χ3n) is 3.10. The summed E-state index contributed by atoms with van der Waals surface area (Å²) < 4.78 is 1.26. The van der Waals surface area contributed by atoms with Crippen molar-refractivity contribution in [3.8, 4) is 0 Å². The molecular weight excluding hydrogens is 148 g/mol. The lowest BCUT2D eigenvalue weighted by Gasteiger charge is -2.35. The highest BCUT2D eigenvalue weighted by atomic mass is 15.3. The zero-order chi connectivity index (χ0) is 9.45. The minimum absolute atomic E-state index is 0.844. The molecule has 0 radical (unpaired) electrons. The summed E-state index contributed by atoms with van der Waals surface area (Å²) in [6.07, 6.45) is 2.46. The molecule has 0 aliphatic rings. The molecule has 0 atom stereocenters. The topological polar surface area (TPSA) is 26.0 Å². The van der Waals surface area contributed by atoms with Crippen LogP contribution in [0.2, 0.25) is 0 Å². The maximum Gasteiger partial charge on any atom is 0.0786 e. The standard InChI is InChI=1S/C10H25N2/c1-4-12(5-2,6-3)10-8-7-9-11/h4-11H2,1-3H3/q+1. The molecule has 0 aromatic carbocycles. The van der Waals surface area contributed by atoms with Crippen LogP contribution in [0.25, 0.3) is 0 Å². The number of nitrogens with zero attached hydrogens (tertiary/aromatic N) is 1. The smallest absolute Gasteiger partial charge is 0.0786 e. The quantitative estimate of drug-likeness (QED) is 0.459. The second-order valence-electron chi connectivity index (χ2n) is 3.51. The van der Waals surface area contributed by atoms with E-state index in [1.165, 1.54) is 43.5 Å². The molecule has 12 heavy (non-hydrogen) atoms. The van der Waals surface area contributed by atoms with E-state index >= 15 is 0 Å². The van der Waals surface area contributed by atoms with E-state index in [0.29, 0.717) is 0 Å². The first-order valence-electron chi connectivity index (χ1n) is 5.29. The fourth-order valence-electron chi connectivity index (χ4n) is 1.74. The first-order chi connectivity index (χ1) is 5.74. The molecule has 0 rings (SSSR count). The summed E-state index contributed by atoms with van der Waals surface area (Å²) in [5, 5.41) is 0. The van der Waals surface area contributed by atoms with Gasteiger partial charge in [-0.05, 0) is 40.2 Å². The number of hydrogen-bond donors (Lipinski definition) is 1. The Labute approximate surface area is 77.3 Å². The zero-order valence-corrected chi connectivity index (χ0v) is 8.97. The van der Waals surface area contributed by atoms with Crippen LogP contribution in [0.15, 0.2) is 0 Å². The summed E-state index contributed by atoms with van der Waals surface area (Å²) in [5.41, 5.74) is 5.48. The van der Waals surface area contributed by atoms with E-state index in [2.05, 4.69) is 20.8 Å². The third kappa shape index (κ3) is 3.55. The fraction of sp³-hybridized carbons (Fsp3) is 1.00. The summed E-state index contributed by atoms with van der Waals surface area (Å²) >= 11 is 0. The van der Waals surface area contributed by atoms with Crippen LogP contribution < -0.4 is 5.73 Å². The Bertz CT molecular complexity index is 89.7. The maximum absolute atomic E-state index is 5.48. The fourth-order valence-corrected chi connectivity index (χ4v) is 1.74. The number of quaternary nitrogens is 1. The van der Waals surface area contributed by atoms with Gasteiger partial charge in [-0.1, -0.05) is 0 Å². The van der Waals surface area contributed by atoms with Crippen molar-refractivity contribution in [2.45, 2.75) is 33.6 Å². The van der Waals surface area contributed by atoms with Crippen LogP contribution in [0.4, 0.5) is 0 Å². The predicted octanol–water partition coefficient (Wildman–Crippen LogP) is 1.60. The molecule has 0 aliphatic carbocycles. The van der Waals surface area contributed by atoms with Gasteiger partial charge >= 0.3 is 0 Å². The second-order valence-corrected chi connectivity index (χ2v) is 3.51. The minimum atomic E-state index is 0.844. The lowest BCUT2D eigenvalue weighted by Crippen LogP contribution is -2.48. The molecule has 0 bridgehead atoms. The molecule has 0 saturated heterocycles. The van der Waals surface area contributed by atoms with Crippen LogP contribution in [-0.2, 0) is 0 Å². The largest absolute Gasteiger partial charge is 0.330 e. The Kier molecular flexibility index (Phi) is 6.39. The van der Waals surface area contributed by atoms with Crippen molar-refractivity contribution in [1.29, 1.82) is 0 Å². The first kappa shape index (κ1) is 11.9. The molecule has 2 N–H and O–H groups in total. The number of hydrogen-bond acceptors (Lipinski definition) is 1. The average Bonchev–Trinajstić information content (AvgIpc) is 2.14. The van der Waals surface area contributed by atoms with Crippen LogP contribution in [0.1, 0.15) is 33.6 Å². The first-order valence-corrected chi connectivity index (χ1v) is 5.29. The average molecular weight is 173 g/mol. The highest BCUT2D eigenvalue weighted by molar-refractivity contribution is 4.42. The number of unbranched alkanes of at least 4 members (excludes halogenated alkanes) is 1. The van der Waals surface area contributed by atoms with Gasteiger partial charge in [-0.25, -0.2) is 0 Å². The monoisotopic (exact) mass is 173 g/mol. The lowest BCUT2D eigenvalue weighted by atomic mass is 10.2. The molecule has 2 nitrogen and oxygen atoms in total. The molecular formula is C10H25N2+. The van der Waals surface area contributed by atoms with E-state index in [0.717, 1.165) is 6.54 Å². The summed E-state index contributed by atoms with van der Waals surface area (Å²) in [5.74, 6) is 0. The zero-order valence-electron chi connectivity index (χ0n) is 8.97. The van der Waals surface area contributed by atoms with Gasteiger partial charge in [-0.2, -0.15) is 0 Å². The van der Waals surface area contributed by atoms with Gasteiger partial charge in [0.25, 0.3) is 0 Å². The Morgan fingerprint density at radius 3 is 1.75 bits per heavy atom. The van der Waals surface area contributed by atoms with Gasteiger partial charge in [0.05, 0.1) is 26.2 Å². The molecule has 74 valence electrons. The van der Waals surface area contributed by atoms with E-state index < -0.39 is 0 Å². The Balaban J connectivity index is 3.76. The van der Waals surface area contributed by atoms with E-state index in [9.17, 15) is 0 Å². The molecule has 0 fully saturated rings. The van der Waals surface area contributed by atoms with Gasteiger partial charge in [0.1, 0.15) is 0 Å². The molecule has 0 unspecified atom stereocenters. The SMILES string of the molecule is CC[N+](CC)(CC)CCCCN. The molecule has 0 heterocycles. The lowest BCUT2D eigenvalue weighted by molar-refractivity contribution is -0.923. The number of nitrogens with two attached hydrogens (primary N) is 1. The van der Waals surface area contributed by atoms with E-state index in [4.69, 9.17) is 5.73 Å². The van der Waals surface area contributed by atoms with Crippen LogP contribution in [0.5, 0.6) is 0 Å². The number of rotatable bonds is 7. The maximum atomic E-state index is 5.48. The van der Waals surface area contributed by atoms with Crippen molar-refractivity contribution < 1.29 is 4.48 Å². The molecule has 0 spiro atoms. The van der Waals surface area contributed by atoms with Crippen molar-refractivity contribution >= 4 is 0 Å². The van der Waals surface area contributed by atoms with Gasteiger partial charge in [-0.3, -0.25) is 0 Å². The van der Waals surface area contributed by atoms with Crippen LogP contribution in [-0.4, -0.2) is 37.2 Å². The summed E-state index contributed by atoms with van der Waals surface area (Å²) in [6, 6.07) is 0. The normalized spacial score (nSPS) is 12.0. The predicted molar refractivity (Wildman–Crippen MR) is 55.0 cm³/mol. The Hall–Kier alpha value is -0.0800. The van der Waals surface area contributed by atoms with Crippen molar-refractivity contribution in [3.63, 3.8) is 0 Å². The van der Waals surface area contributed by atoms with E-state index in [1.54, 1.807) is 0 Å². The van der Waals surface area contributed by atoms with Gasteiger partial charge in [0.2, 0.25) is 0 Å². The van der Waals surface area contributed by atoms with Crippen LogP contribution in [0, 0.1) is 0 Å². The summed E-state index contributed by atoms with van der Waals surface area (Å²) in [7, 11) is 0. The van der Waals surface area contributed by atoms with E-state index in [-0.39, 0.29) is 0 Å². The molecule has 2 heteroatoms. The molecule has 0 amide bonds. The summed E-state index contributed by atoms with van der Waals surface area (Å²) in [6.45, 7) is 12.8. The van der Waals surface area contributed by atoms with Crippen molar-refractivity contribution in [1.82, 2.24) is 0 Å². The second kappa shape index (κ2) is 6.44. The van der Waals surface area contributed by atoms with E-state index in [1.807, 2.05) is 0 Å². The molecule has 0 aliphatic heterocycles. The van der Waals surface area contributed by atoms with Crippen LogP contribution >= 0.6 is 0 Å². The Morgan fingerprint density at radius 2 is 1.42 bits per heavy atom. The highest BCUT2D eigenvalue weighted by Gasteiger charge is 2.18. The van der Waals surface area contributed by atoms with Crippen LogP contribution in [0.3, 0.4) is 0 Å². The van der Waals surface area contributed by atoms with Crippen molar-refractivity contribution in [3.05, 3.63) is 0 Å². The molecule has 0 aromatic rings. The summed E-state index contributed by atoms with van der Waals surface area (Å²) in [4.78, 5) is 0. The third-order valence-corrected chi connectivity index (χ3v) is 3.10. The van der Waals surface area contributed by atoms with Gasteiger partial charge in [0.15, 0.2) is 0 Å². The molecule has 0 saturated carbocycles. The molecule has 0 aromatic heterocycles.